The van der Waals surface area contributed by atoms with Gasteiger partial charge in [0, 0.05) is 11.5 Å². The summed E-state index contributed by atoms with van der Waals surface area (Å²) in [5, 5.41) is 8.97. The summed E-state index contributed by atoms with van der Waals surface area (Å²) in [6.45, 7) is 6.24. The van der Waals surface area contributed by atoms with Crippen LogP contribution in [0.15, 0.2) is 18.3 Å². The zero-order valence-electron chi connectivity index (χ0n) is 11.7. The van der Waals surface area contributed by atoms with E-state index in [1.165, 1.54) is 6.42 Å². The SMILES string of the molecule is CCC.COc1cc2nncc(C)c2cc1OC. The molecule has 0 aliphatic carbocycles. The summed E-state index contributed by atoms with van der Waals surface area (Å²) in [5.41, 5.74) is 1.88. The Morgan fingerprint density at radius 3 is 2.17 bits per heavy atom. The Balaban J connectivity index is 0.000000492. The fourth-order valence-corrected chi connectivity index (χ4v) is 1.51. The highest BCUT2D eigenvalue weighted by molar-refractivity contribution is 5.84. The molecule has 0 amide bonds. The highest BCUT2D eigenvalue weighted by atomic mass is 16.5. The first-order valence-electron chi connectivity index (χ1n) is 6.01. The van der Waals surface area contributed by atoms with Crippen molar-refractivity contribution in [2.45, 2.75) is 27.2 Å². The summed E-state index contributed by atoms with van der Waals surface area (Å²) >= 11 is 0. The molecule has 0 aliphatic heterocycles. The Labute approximate surface area is 108 Å². The van der Waals surface area contributed by atoms with Crippen LogP contribution in [0.25, 0.3) is 10.9 Å². The highest BCUT2D eigenvalue weighted by Gasteiger charge is 2.08. The van der Waals surface area contributed by atoms with Crippen LogP contribution in [0.5, 0.6) is 11.5 Å². The molecule has 0 radical (unpaired) electrons. The van der Waals surface area contributed by atoms with Crippen LogP contribution in [0.3, 0.4) is 0 Å². The lowest BCUT2D eigenvalue weighted by Gasteiger charge is -2.09. The summed E-state index contributed by atoms with van der Waals surface area (Å²) in [7, 11) is 3.22. The van der Waals surface area contributed by atoms with Gasteiger partial charge in [0.25, 0.3) is 0 Å². The van der Waals surface area contributed by atoms with Crippen molar-refractivity contribution >= 4 is 10.9 Å². The quantitative estimate of drug-likeness (QED) is 0.817. The molecular formula is C14H20N2O2. The minimum absolute atomic E-state index is 0.671. The zero-order valence-corrected chi connectivity index (χ0v) is 11.7. The monoisotopic (exact) mass is 248 g/mol. The van der Waals surface area contributed by atoms with E-state index in [1.54, 1.807) is 20.4 Å². The molecule has 0 saturated heterocycles. The maximum absolute atomic E-state index is 5.23. The normalized spacial score (nSPS) is 9.61. The second-order valence-electron chi connectivity index (χ2n) is 3.96. The number of rotatable bonds is 2. The Morgan fingerprint density at radius 1 is 1.06 bits per heavy atom. The molecule has 98 valence electrons. The fourth-order valence-electron chi connectivity index (χ4n) is 1.51. The van der Waals surface area contributed by atoms with Gasteiger partial charge in [0.1, 0.15) is 0 Å². The van der Waals surface area contributed by atoms with E-state index >= 15 is 0 Å². The number of aromatic nitrogens is 2. The van der Waals surface area contributed by atoms with Gasteiger partial charge in [-0.25, -0.2) is 0 Å². The predicted octanol–water partition coefficient (Wildman–Crippen LogP) is 3.37. The minimum atomic E-state index is 0.671. The van der Waals surface area contributed by atoms with Crippen molar-refractivity contribution in [1.29, 1.82) is 0 Å². The van der Waals surface area contributed by atoms with Gasteiger partial charge >= 0.3 is 0 Å². The molecule has 0 aliphatic rings. The Morgan fingerprint density at radius 2 is 1.61 bits per heavy atom. The highest BCUT2D eigenvalue weighted by Crippen LogP contribution is 2.31. The van der Waals surface area contributed by atoms with Crippen LogP contribution in [0, 0.1) is 6.92 Å². The Bertz CT molecular complexity index is 512. The molecule has 1 aromatic heterocycles. The van der Waals surface area contributed by atoms with Gasteiger partial charge in [0.2, 0.25) is 0 Å². The number of methoxy groups -OCH3 is 2. The van der Waals surface area contributed by atoms with Gasteiger partial charge in [-0.1, -0.05) is 20.3 Å². The maximum Gasteiger partial charge on any atom is 0.162 e. The number of nitrogens with zero attached hydrogens (tertiary/aromatic N) is 2. The van der Waals surface area contributed by atoms with Gasteiger partial charge in [0.15, 0.2) is 11.5 Å². The van der Waals surface area contributed by atoms with Crippen molar-refractivity contribution in [1.82, 2.24) is 10.2 Å². The molecule has 1 heterocycles. The molecule has 0 spiro atoms. The second-order valence-corrected chi connectivity index (χ2v) is 3.96. The van der Waals surface area contributed by atoms with Crippen molar-refractivity contribution in [2.24, 2.45) is 0 Å². The summed E-state index contributed by atoms with van der Waals surface area (Å²) in [4.78, 5) is 0. The third-order valence-corrected chi connectivity index (χ3v) is 2.34. The smallest absolute Gasteiger partial charge is 0.162 e. The number of fused-ring (bicyclic) bond motifs is 1. The topological polar surface area (TPSA) is 44.2 Å². The predicted molar refractivity (Wildman–Crippen MR) is 73.3 cm³/mol. The molecule has 0 N–H and O–H groups in total. The van der Waals surface area contributed by atoms with E-state index in [4.69, 9.17) is 9.47 Å². The van der Waals surface area contributed by atoms with Gasteiger partial charge < -0.3 is 9.47 Å². The molecule has 0 atom stereocenters. The lowest BCUT2D eigenvalue weighted by Crippen LogP contribution is -1.93. The van der Waals surface area contributed by atoms with Gasteiger partial charge in [0.05, 0.1) is 25.9 Å². The molecular weight excluding hydrogens is 228 g/mol. The van der Waals surface area contributed by atoms with Crippen LogP contribution in [-0.4, -0.2) is 24.4 Å². The lowest BCUT2D eigenvalue weighted by atomic mass is 10.1. The van der Waals surface area contributed by atoms with Crippen LogP contribution < -0.4 is 9.47 Å². The van der Waals surface area contributed by atoms with Crippen LogP contribution in [0.2, 0.25) is 0 Å². The van der Waals surface area contributed by atoms with Crippen molar-refractivity contribution in [3.63, 3.8) is 0 Å². The fraction of sp³-hybridized carbons (Fsp3) is 0.429. The van der Waals surface area contributed by atoms with Gasteiger partial charge in [-0.3, -0.25) is 0 Å². The van der Waals surface area contributed by atoms with E-state index in [2.05, 4.69) is 24.0 Å². The number of hydrogen-bond donors (Lipinski definition) is 0. The van der Waals surface area contributed by atoms with Crippen molar-refractivity contribution in [3.8, 4) is 11.5 Å². The van der Waals surface area contributed by atoms with Crippen LogP contribution in [0.4, 0.5) is 0 Å². The van der Waals surface area contributed by atoms with Gasteiger partial charge in [-0.05, 0) is 18.6 Å². The average molecular weight is 248 g/mol. The van der Waals surface area contributed by atoms with Crippen molar-refractivity contribution in [2.75, 3.05) is 14.2 Å². The van der Waals surface area contributed by atoms with E-state index in [1.807, 2.05) is 19.1 Å². The Hall–Kier alpha value is -1.84. The van der Waals surface area contributed by atoms with E-state index in [9.17, 15) is 0 Å². The van der Waals surface area contributed by atoms with Gasteiger partial charge in [-0.2, -0.15) is 10.2 Å². The first-order chi connectivity index (χ1) is 8.67. The summed E-state index contributed by atoms with van der Waals surface area (Å²) < 4.78 is 10.4. The largest absolute Gasteiger partial charge is 0.493 e. The third kappa shape index (κ3) is 3.09. The van der Waals surface area contributed by atoms with Gasteiger partial charge in [-0.15, -0.1) is 0 Å². The number of hydrogen-bond acceptors (Lipinski definition) is 4. The van der Waals surface area contributed by atoms with Crippen LogP contribution >= 0.6 is 0 Å². The average Bonchev–Trinajstić information content (AvgIpc) is 2.38. The van der Waals surface area contributed by atoms with E-state index in [0.717, 1.165) is 16.5 Å². The molecule has 18 heavy (non-hydrogen) atoms. The number of ether oxygens (including phenoxy) is 2. The number of aryl methyl sites for hydroxylation is 1. The van der Waals surface area contributed by atoms with Crippen LogP contribution in [-0.2, 0) is 0 Å². The summed E-state index contributed by atoms with van der Waals surface area (Å²) in [6.07, 6.45) is 2.98. The first-order valence-corrected chi connectivity index (χ1v) is 6.01. The zero-order chi connectivity index (χ0) is 13.5. The molecule has 1 aromatic carbocycles. The second kappa shape index (κ2) is 6.79. The van der Waals surface area contributed by atoms with E-state index in [-0.39, 0.29) is 0 Å². The Kier molecular flexibility index (Phi) is 5.36. The summed E-state index contributed by atoms with van der Waals surface area (Å²) in [6, 6.07) is 3.74. The molecule has 4 nitrogen and oxygen atoms in total. The van der Waals surface area contributed by atoms with Crippen LogP contribution in [0.1, 0.15) is 25.8 Å². The molecule has 2 rings (SSSR count). The molecule has 2 aromatic rings. The first kappa shape index (κ1) is 14.2. The molecule has 4 heteroatoms. The lowest BCUT2D eigenvalue weighted by molar-refractivity contribution is 0.355. The van der Waals surface area contributed by atoms with E-state index < -0.39 is 0 Å². The van der Waals surface area contributed by atoms with Crippen molar-refractivity contribution < 1.29 is 9.47 Å². The molecule has 0 unspecified atom stereocenters. The molecule has 0 fully saturated rings. The van der Waals surface area contributed by atoms with E-state index in [0.29, 0.717) is 11.5 Å². The third-order valence-electron chi connectivity index (χ3n) is 2.34. The molecule has 0 saturated carbocycles. The van der Waals surface area contributed by atoms with Crippen molar-refractivity contribution in [3.05, 3.63) is 23.9 Å². The molecule has 0 bridgehead atoms. The summed E-state index contributed by atoms with van der Waals surface area (Å²) in [5.74, 6) is 1.38. The standard InChI is InChI=1S/C11H12N2O2.C3H8/c1-7-6-12-13-9-5-11(15-3)10(14-2)4-8(7)9;1-3-2/h4-6H,1-3H3;3H2,1-2H3. The minimum Gasteiger partial charge on any atom is -0.493 e. The number of benzene rings is 1. The maximum atomic E-state index is 5.23.